The van der Waals surface area contributed by atoms with Gasteiger partial charge in [-0.25, -0.2) is 0 Å². The van der Waals surface area contributed by atoms with E-state index < -0.39 is 5.60 Å². The van der Waals surface area contributed by atoms with Crippen molar-refractivity contribution in [2.45, 2.75) is 19.4 Å². The Hall–Kier alpha value is -1.66. The van der Waals surface area contributed by atoms with Crippen LogP contribution in [-0.4, -0.2) is 30.1 Å². The number of pyridine rings is 1. The topological polar surface area (TPSA) is 89.3 Å². The zero-order chi connectivity index (χ0) is 12.9. The molecule has 0 radical (unpaired) electrons. The van der Waals surface area contributed by atoms with Crippen LogP contribution in [0, 0.1) is 0 Å². The number of carbonyl (C=O) groups excluding carboxylic acids is 1. The molecule has 0 spiro atoms. The number of anilines is 1. The summed E-state index contributed by atoms with van der Waals surface area (Å²) in [5.41, 5.74) is 2.97. The standard InChI is InChI=1S/C11H18N4O2/c1-11(2,17-3)7-14-10(16)8-4-5-13-6-9(8)15-12/h4-6,15H,7,12H2,1-3H3,(H,14,16). The van der Waals surface area contributed by atoms with Gasteiger partial charge in [0.1, 0.15) is 0 Å². The van der Waals surface area contributed by atoms with Crippen molar-refractivity contribution in [1.82, 2.24) is 10.3 Å². The molecule has 0 atom stereocenters. The SMILES string of the molecule is COC(C)(C)CNC(=O)c1ccncc1NN. The first-order chi connectivity index (χ1) is 8.00. The maximum Gasteiger partial charge on any atom is 0.253 e. The molecular weight excluding hydrogens is 220 g/mol. The lowest BCUT2D eigenvalue weighted by molar-refractivity contribution is 0.0229. The van der Waals surface area contributed by atoms with Gasteiger partial charge < -0.3 is 15.5 Å². The number of nitrogen functional groups attached to an aromatic ring is 1. The molecule has 0 aliphatic heterocycles. The molecule has 0 aliphatic rings. The molecule has 0 saturated carbocycles. The van der Waals surface area contributed by atoms with Gasteiger partial charge in [-0.15, -0.1) is 0 Å². The predicted molar refractivity (Wildman–Crippen MR) is 65.5 cm³/mol. The second-order valence-corrected chi connectivity index (χ2v) is 4.21. The number of nitrogens with zero attached hydrogens (tertiary/aromatic N) is 1. The van der Waals surface area contributed by atoms with Crippen LogP contribution in [0.15, 0.2) is 18.5 Å². The fourth-order valence-corrected chi connectivity index (χ4v) is 1.17. The summed E-state index contributed by atoms with van der Waals surface area (Å²) in [4.78, 5) is 15.8. The molecule has 1 aromatic rings. The summed E-state index contributed by atoms with van der Waals surface area (Å²) in [6.07, 6.45) is 3.04. The highest BCUT2D eigenvalue weighted by molar-refractivity contribution is 5.99. The molecular formula is C11H18N4O2. The van der Waals surface area contributed by atoms with Gasteiger partial charge in [-0.1, -0.05) is 0 Å². The number of nitrogens with two attached hydrogens (primary N) is 1. The van der Waals surface area contributed by atoms with Crippen molar-refractivity contribution in [2.75, 3.05) is 19.1 Å². The van der Waals surface area contributed by atoms with Crippen molar-refractivity contribution in [3.8, 4) is 0 Å². The normalized spacial score (nSPS) is 11.1. The quantitative estimate of drug-likeness (QED) is 0.514. The summed E-state index contributed by atoms with van der Waals surface area (Å²) in [5.74, 6) is 5.08. The molecule has 0 unspecified atom stereocenters. The molecule has 6 heteroatoms. The van der Waals surface area contributed by atoms with Crippen LogP contribution in [0.1, 0.15) is 24.2 Å². The average Bonchev–Trinajstić information content (AvgIpc) is 2.36. The first-order valence-electron chi connectivity index (χ1n) is 5.24. The van der Waals surface area contributed by atoms with E-state index >= 15 is 0 Å². The van der Waals surface area contributed by atoms with Crippen LogP contribution in [0.5, 0.6) is 0 Å². The highest BCUT2D eigenvalue weighted by Gasteiger charge is 2.18. The molecule has 0 aliphatic carbocycles. The average molecular weight is 238 g/mol. The highest BCUT2D eigenvalue weighted by atomic mass is 16.5. The van der Waals surface area contributed by atoms with Crippen LogP contribution >= 0.6 is 0 Å². The molecule has 0 fully saturated rings. The Bertz CT molecular complexity index is 393. The molecule has 1 amide bonds. The van der Waals surface area contributed by atoms with E-state index in [1.54, 1.807) is 13.2 Å². The number of methoxy groups -OCH3 is 1. The first kappa shape index (κ1) is 13.4. The summed E-state index contributed by atoms with van der Waals surface area (Å²) >= 11 is 0. The van der Waals surface area contributed by atoms with Crippen LogP contribution in [-0.2, 0) is 4.74 Å². The fraction of sp³-hybridized carbons (Fsp3) is 0.455. The number of ether oxygens (including phenoxy) is 1. The second-order valence-electron chi connectivity index (χ2n) is 4.21. The van der Waals surface area contributed by atoms with Gasteiger partial charge in [-0.3, -0.25) is 15.6 Å². The molecule has 1 aromatic heterocycles. The van der Waals surface area contributed by atoms with Gasteiger partial charge in [-0.2, -0.15) is 0 Å². The van der Waals surface area contributed by atoms with Crippen molar-refractivity contribution >= 4 is 11.6 Å². The predicted octanol–water partition coefficient (Wildman–Crippen LogP) is 0.522. The van der Waals surface area contributed by atoms with E-state index in [1.165, 1.54) is 12.4 Å². The lowest BCUT2D eigenvalue weighted by atomic mass is 10.1. The van der Waals surface area contributed by atoms with E-state index in [0.717, 1.165) is 0 Å². The van der Waals surface area contributed by atoms with Crippen LogP contribution in [0.25, 0.3) is 0 Å². The molecule has 0 aromatic carbocycles. The third kappa shape index (κ3) is 3.69. The minimum absolute atomic E-state index is 0.217. The van der Waals surface area contributed by atoms with Crippen molar-refractivity contribution in [1.29, 1.82) is 0 Å². The van der Waals surface area contributed by atoms with Gasteiger partial charge in [0.05, 0.1) is 23.0 Å². The fourth-order valence-electron chi connectivity index (χ4n) is 1.17. The summed E-state index contributed by atoms with van der Waals surface area (Å²) in [7, 11) is 1.60. The van der Waals surface area contributed by atoms with Crippen molar-refractivity contribution in [3.63, 3.8) is 0 Å². The molecule has 4 N–H and O–H groups in total. The number of amides is 1. The number of rotatable bonds is 5. The van der Waals surface area contributed by atoms with E-state index in [4.69, 9.17) is 10.6 Å². The zero-order valence-corrected chi connectivity index (χ0v) is 10.3. The van der Waals surface area contributed by atoms with E-state index in [2.05, 4.69) is 15.7 Å². The molecule has 0 bridgehead atoms. The summed E-state index contributed by atoms with van der Waals surface area (Å²) in [6.45, 7) is 4.19. The number of hydrogen-bond acceptors (Lipinski definition) is 5. The number of nitrogens with one attached hydrogen (secondary N) is 2. The largest absolute Gasteiger partial charge is 0.377 e. The van der Waals surface area contributed by atoms with E-state index in [0.29, 0.717) is 17.8 Å². The Morgan fingerprint density at radius 2 is 2.29 bits per heavy atom. The van der Waals surface area contributed by atoms with Gasteiger partial charge in [0, 0.05) is 19.9 Å². The number of hydrogen-bond donors (Lipinski definition) is 3. The first-order valence-corrected chi connectivity index (χ1v) is 5.24. The maximum atomic E-state index is 11.9. The Morgan fingerprint density at radius 1 is 1.59 bits per heavy atom. The van der Waals surface area contributed by atoms with Crippen molar-refractivity contribution in [3.05, 3.63) is 24.0 Å². The van der Waals surface area contributed by atoms with Crippen LogP contribution in [0.2, 0.25) is 0 Å². The molecule has 0 saturated heterocycles. The Balaban J connectivity index is 2.70. The summed E-state index contributed by atoms with van der Waals surface area (Å²) in [6, 6.07) is 1.60. The van der Waals surface area contributed by atoms with Gasteiger partial charge >= 0.3 is 0 Å². The Morgan fingerprint density at radius 3 is 2.88 bits per heavy atom. The monoisotopic (exact) mass is 238 g/mol. The van der Waals surface area contributed by atoms with Gasteiger partial charge in [-0.05, 0) is 19.9 Å². The number of aromatic nitrogens is 1. The molecule has 94 valence electrons. The van der Waals surface area contributed by atoms with Crippen LogP contribution < -0.4 is 16.6 Å². The summed E-state index contributed by atoms with van der Waals surface area (Å²) < 4.78 is 5.21. The summed E-state index contributed by atoms with van der Waals surface area (Å²) in [5, 5.41) is 2.78. The van der Waals surface area contributed by atoms with Crippen molar-refractivity contribution in [2.24, 2.45) is 5.84 Å². The molecule has 17 heavy (non-hydrogen) atoms. The lowest BCUT2D eigenvalue weighted by Crippen LogP contribution is -2.40. The Kier molecular flexibility index (Phi) is 4.42. The van der Waals surface area contributed by atoms with Crippen molar-refractivity contribution < 1.29 is 9.53 Å². The molecule has 6 nitrogen and oxygen atoms in total. The minimum Gasteiger partial charge on any atom is -0.377 e. The zero-order valence-electron chi connectivity index (χ0n) is 10.3. The number of carbonyl (C=O) groups is 1. The van der Waals surface area contributed by atoms with E-state index in [9.17, 15) is 4.79 Å². The van der Waals surface area contributed by atoms with Gasteiger partial charge in [0.25, 0.3) is 5.91 Å². The van der Waals surface area contributed by atoms with E-state index in [-0.39, 0.29) is 5.91 Å². The number of hydrazine groups is 1. The molecule has 1 heterocycles. The second kappa shape index (κ2) is 5.60. The third-order valence-corrected chi connectivity index (χ3v) is 2.45. The lowest BCUT2D eigenvalue weighted by Gasteiger charge is -2.23. The minimum atomic E-state index is -0.404. The molecule has 1 rings (SSSR count). The Labute approximate surface area is 101 Å². The smallest absolute Gasteiger partial charge is 0.253 e. The van der Waals surface area contributed by atoms with Gasteiger partial charge in [0.2, 0.25) is 0 Å². The van der Waals surface area contributed by atoms with Crippen LogP contribution in [0.4, 0.5) is 5.69 Å². The van der Waals surface area contributed by atoms with E-state index in [1.807, 2.05) is 13.8 Å². The van der Waals surface area contributed by atoms with Gasteiger partial charge in [0.15, 0.2) is 0 Å². The van der Waals surface area contributed by atoms with Crippen LogP contribution in [0.3, 0.4) is 0 Å². The third-order valence-electron chi connectivity index (χ3n) is 2.45. The highest BCUT2D eigenvalue weighted by Crippen LogP contribution is 2.12. The maximum absolute atomic E-state index is 11.9.